The Bertz CT molecular complexity index is 419. The lowest BCUT2D eigenvalue weighted by Gasteiger charge is -2.29. The van der Waals surface area contributed by atoms with Crippen molar-refractivity contribution in [2.24, 2.45) is 11.7 Å². The van der Waals surface area contributed by atoms with Crippen LogP contribution < -0.4 is 15.2 Å². The predicted molar refractivity (Wildman–Crippen MR) is 76.1 cm³/mol. The van der Waals surface area contributed by atoms with Gasteiger partial charge in [0.15, 0.2) is 0 Å². The fourth-order valence-electron chi connectivity index (χ4n) is 2.42. The normalized spacial score (nSPS) is 17.1. The predicted octanol–water partition coefficient (Wildman–Crippen LogP) is 3.66. The number of halogens is 1. The molecule has 1 saturated carbocycles. The molecule has 0 heterocycles. The van der Waals surface area contributed by atoms with Crippen LogP contribution in [-0.4, -0.2) is 14.2 Å². The van der Waals surface area contributed by atoms with Gasteiger partial charge in [-0.3, -0.25) is 0 Å². The number of benzene rings is 1. The Hall–Kier alpha value is -0.740. The fraction of sp³-hybridized carbons (Fsp3) is 0.571. The minimum atomic E-state index is 0.0347. The first-order chi connectivity index (χ1) is 8.67. The van der Waals surface area contributed by atoms with Crippen LogP contribution in [0.15, 0.2) is 16.6 Å². The van der Waals surface area contributed by atoms with Gasteiger partial charge < -0.3 is 15.2 Å². The smallest absolute Gasteiger partial charge is 0.141 e. The molecule has 0 aromatic heterocycles. The maximum absolute atomic E-state index is 6.30. The summed E-state index contributed by atoms with van der Waals surface area (Å²) in [6.45, 7) is 0. The Labute approximate surface area is 117 Å². The van der Waals surface area contributed by atoms with Crippen LogP contribution >= 0.6 is 15.9 Å². The molecule has 0 saturated heterocycles. The van der Waals surface area contributed by atoms with E-state index in [4.69, 9.17) is 15.2 Å². The topological polar surface area (TPSA) is 44.5 Å². The van der Waals surface area contributed by atoms with Crippen molar-refractivity contribution >= 4 is 15.9 Å². The number of rotatable bonds is 5. The van der Waals surface area contributed by atoms with Crippen LogP contribution in [0.4, 0.5) is 0 Å². The molecular formula is C14H20BrNO2. The third-order valence-electron chi connectivity index (χ3n) is 3.73. The summed E-state index contributed by atoms with van der Waals surface area (Å²) in [7, 11) is 3.31. The van der Waals surface area contributed by atoms with Crippen molar-refractivity contribution in [1.82, 2.24) is 0 Å². The second-order valence-corrected chi connectivity index (χ2v) is 5.64. The summed E-state index contributed by atoms with van der Waals surface area (Å²) in [5.41, 5.74) is 7.35. The third-order valence-corrected chi connectivity index (χ3v) is 4.48. The summed E-state index contributed by atoms with van der Waals surface area (Å²) in [5, 5.41) is 0. The average Bonchev–Trinajstić information content (AvgIpc) is 2.33. The minimum absolute atomic E-state index is 0.0347. The molecule has 0 radical (unpaired) electrons. The Morgan fingerprint density at radius 1 is 1.33 bits per heavy atom. The monoisotopic (exact) mass is 313 g/mol. The lowest BCUT2D eigenvalue weighted by molar-refractivity contribution is 0.274. The van der Waals surface area contributed by atoms with Crippen LogP contribution in [0.1, 0.15) is 37.3 Å². The maximum atomic E-state index is 6.30. The Kier molecular flexibility index (Phi) is 4.51. The second kappa shape index (κ2) is 5.93. The van der Waals surface area contributed by atoms with Crippen molar-refractivity contribution in [3.05, 3.63) is 22.2 Å². The summed E-state index contributed by atoms with van der Waals surface area (Å²) in [6, 6.07) is 3.97. The molecule has 1 atom stereocenters. The molecule has 0 aliphatic heterocycles. The second-order valence-electron chi connectivity index (χ2n) is 4.84. The molecular weight excluding hydrogens is 294 g/mol. The first kappa shape index (κ1) is 13.7. The van der Waals surface area contributed by atoms with Gasteiger partial charge in [-0.25, -0.2) is 0 Å². The Balaban J connectivity index is 2.22. The zero-order valence-corrected chi connectivity index (χ0v) is 12.5. The summed E-state index contributed by atoms with van der Waals surface area (Å²) >= 11 is 3.51. The van der Waals surface area contributed by atoms with Crippen LogP contribution in [0.3, 0.4) is 0 Å². The minimum Gasteiger partial charge on any atom is -0.495 e. The van der Waals surface area contributed by atoms with E-state index >= 15 is 0 Å². The number of methoxy groups -OCH3 is 2. The number of hydrogen-bond acceptors (Lipinski definition) is 3. The van der Waals surface area contributed by atoms with E-state index in [9.17, 15) is 0 Å². The standard InChI is InChI=1S/C14H20BrNO2/c1-17-12-7-6-10(14(18-2)13(12)15)11(16)8-9-4-3-5-9/h6-7,9,11H,3-5,8,16H2,1-2H3. The van der Waals surface area contributed by atoms with Crippen LogP contribution in [0.25, 0.3) is 0 Å². The van der Waals surface area contributed by atoms with Gasteiger partial charge in [-0.1, -0.05) is 19.3 Å². The van der Waals surface area contributed by atoms with Crippen LogP contribution in [-0.2, 0) is 0 Å². The summed E-state index contributed by atoms with van der Waals surface area (Å²) in [4.78, 5) is 0. The molecule has 4 heteroatoms. The molecule has 2 rings (SSSR count). The molecule has 0 amide bonds. The first-order valence-corrected chi connectivity index (χ1v) is 7.12. The van der Waals surface area contributed by atoms with Crippen LogP contribution in [0.2, 0.25) is 0 Å². The van der Waals surface area contributed by atoms with Gasteiger partial charge in [-0.15, -0.1) is 0 Å². The van der Waals surface area contributed by atoms with E-state index in [1.54, 1.807) is 14.2 Å². The van der Waals surface area contributed by atoms with Crippen molar-refractivity contribution in [2.45, 2.75) is 31.7 Å². The summed E-state index contributed by atoms with van der Waals surface area (Å²) in [6.07, 6.45) is 5.01. The maximum Gasteiger partial charge on any atom is 0.141 e. The highest BCUT2D eigenvalue weighted by molar-refractivity contribution is 9.10. The molecule has 2 N–H and O–H groups in total. The van der Waals surface area contributed by atoms with Gasteiger partial charge in [0, 0.05) is 11.6 Å². The van der Waals surface area contributed by atoms with E-state index in [1.165, 1.54) is 19.3 Å². The quantitative estimate of drug-likeness (QED) is 0.902. The van der Waals surface area contributed by atoms with E-state index in [2.05, 4.69) is 15.9 Å². The molecule has 18 heavy (non-hydrogen) atoms. The molecule has 1 aliphatic carbocycles. The highest BCUT2D eigenvalue weighted by atomic mass is 79.9. The van der Waals surface area contributed by atoms with Gasteiger partial charge in [-0.05, 0) is 40.4 Å². The van der Waals surface area contributed by atoms with Gasteiger partial charge in [0.25, 0.3) is 0 Å². The molecule has 1 aromatic carbocycles. The van der Waals surface area contributed by atoms with Gasteiger partial charge >= 0.3 is 0 Å². The number of nitrogens with two attached hydrogens (primary N) is 1. The third kappa shape index (κ3) is 2.64. The molecule has 0 bridgehead atoms. The van der Waals surface area contributed by atoms with Crippen molar-refractivity contribution in [3.8, 4) is 11.5 Å². The summed E-state index contributed by atoms with van der Waals surface area (Å²) < 4.78 is 11.6. The van der Waals surface area contributed by atoms with Crippen molar-refractivity contribution in [1.29, 1.82) is 0 Å². The molecule has 3 nitrogen and oxygen atoms in total. The molecule has 1 fully saturated rings. The molecule has 1 aliphatic rings. The van der Waals surface area contributed by atoms with Gasteiger partial charge in [0.2, 0.25) is 0 Å². The largest absolute Gasteiger partial charge is 0.495 e. The summed E-state index contributed by atoms with van der Waals surface area (Å²) in [5.74, 6) is 2.35. The first-order valence-electron chi connectivity index (χ1n) is 6.33. The zero-order chi connectivity index (χ0) is 13.1. The Morgan fingerprint density at radius 3 is 2.56 bits per heavy atom. The molecule has 100 valence electrons. The van der Waals surface area contributed by atoms with Crippen LogP contribution in [0, 0.1) is 5.92 Å². The van der Waals surface area contributed by atoms with E-state index in [1.807, 2.05) is 12.1 Å². The van der Waals surface area contributed by atoms with E-state index in [-0.39, 0.29) is 6.04 Å². The lowest BCUT2D eigenvalue weighted by Crippen LogP contribution is -2.20. The van der Waals surface area contributed by atoms with E-state index < -0.39 is 0 Å². The highest BCUT2D eigenvalue weighted by Gasteiger charge is 2.24. The number of hydrogen-bond donors (Lipinski definition) is 1. The van der Waals surface area contributed by atoms with Gasteiger partial charge in [0.05, 0.1) is 14.2 Å². The Morgan fingerprint density at radius 2 is 2.06 bits per heavy atom. The molecule has 1 aromatic rings. The van der Waals surface area contributed by atoms with Gasteiger partial charge in [0.1, 0.15) is 16.0 Å². The average molecular weight is 314 g/mol. The van der Waals surface area contributed by atoms with E-state index in [0.29, 0.717) is 0 Å². The van der Waals surface area contributed by atoms with Crippen molar-refractivity contribution in [3.63, 3.8) is 0 Å². The van der Waals surface area contributed by atoms with Crippen LogP contribution in [0.5, 0.6) is 11.5 Å². The molecule has 0 spiro atoms. The zero-order valence-electron chi connectivity index (χ0n) is 10.9. The highest BCUT2D eigenvalue weighted by Crippen LogP contribution is 2.42. The molecule has 1 unspecified atom stereocenters. The lowest BCUT2D eigenvalue weighted by atomic mass is 9.80. The van der Waals surface area contributed by atoms with Crippen molar-refractivity contribution in [2.75, 3.05) is 14.2 Å². The van der Waals surface area contributed by atoms with Gasteiger partial charge in [-0.2, -0.15) is 0 Å². The number of ether oxygens (including phenoxy) is 2. The van der Waals surface area contributed by atoms with Crippen molar-refractivity contribution < 1.29 is 9.47 Å². The van der Waals surface area contributed by atoms with E-state index in [0.717, 1.165) is 33.9 Å². The SMILES string of the molecule is COc1ccc(C(N)CC2CCC2)c(OC)c1Br. The fourth-order valence-corrected chi connectivity index (χ4v) is 3.11.